The number of rotatable bonds is 2. The van der Waals surface area contributed by atoms with Crippen LogP contribution in [0.2, 0.25) is 0 Å². The van der Waals surface area contributed by atoms with Crippen molar-refractivity contribution in [1.82, 2.24) is 4.90 Å². The van der Waals surface area contributed by atoms with E-state index in [-0.39, 0.29) is 6.09 Å². The highest BCUT2D eigenvalue weighted by atomic mass is 79.9. The third-order valence-corrected chi connectivity index (χ3v) is 3.64. The number of likely N-dealkylation sites (tertiary alicyclic amines) is 1. The van der Waals surface area contributed by atoms with Gasteiger partial charge in [0.2, 0.25) is 0 Å². The standard InChI is InChI=1S/C16H18BrNO2/c1-12(2)20-16(19)18-8-6-13(7-9-18)10-14-4-3-5-15(17)11-14/h3-5,10-11H,1,6-9H2,2H3. The van der Waals surface area contributed by atoms with Gasteiger partial charge < -0.3 is 9.64 Å². The first kappa shape index (κ1) is 14.9. The Morgan fingerprint density at radius 1 is 1.40 bits per heavy atom. The van der Waals surface area contributed by atoms with E-state index in [9.17, 15) is 4.79 Å². The summed E-state index contributed by atoms with van der Waals surface area (Å²) < 4.78 is 6.10. The number of carbonyl (C=O) groups is 1. The van der Waals surface area contributed by atoms with Crippen LogP contribution >= 0.6 is 15.9 Å². The Labute approximate surface area is 128 Å². The van der Waals surface area contributed by atoms with Gasteiger partial charge in [-0.25, -0.2) is 4.79 Å². The van der Waals surface area contributed by atoms with Gasteiger partial charge >= 0.3 is 6.09 Å². The lowest BCUT2D eigenvalue weighted by Gasteiger charge is -2.27. The molecule has 106 valence electrons. The molecule has 0 bridgehead atoms. The Bertz CT molecular complexity index is 541. The Morgan fingerprint density at radius 3 is 2.70 bits per heavy atom. The lowest BCUT2D eigenvalue weighted by molar-refractivity contribution is 0.126. The molecule has 0 aromatic heterocycles. The minimum Gasteiger partial charge on any atom is -0.416 e. The predicted octanol–water partition coefficient (Wildman–Crippen LogP) is 4.60. The molecule has 1 heterocycles. The molecule has 2 rings (SSSR count). The third kappa shape index (κ3) is 4.23. The number of allylic oxidation sites excluding steroid dienone is 1. The minimum atomic E-state index is -0.293. The number of benzene rings is 1. The van der Waals surface area contributed by atoms with Gasteiger partial charge in [-0.2, -0.15) is 0 Å². The average molecular weight is 336 g/mol. The van der Waals surface area contributed by atoms with Crippen LogP contribution in [0.3, 0.4) is 0 Å². The number of carbonyl (C=O) groups excluding carboxylic acids is 1. The molecular formula is C16H18BrNO2. The number of piperidine rings is 1. The van der Waals surface area contributed by atoms with Gasteiger partial charge in [-0.1, -0.05) is 46.3 Å². The first-order valence-corrected chi connectivity index (χ1v) is 7.41. The second-order valence-electron chi connectivity index (χ2n) is 4.91. The van der Waals surface area contributed by atoms with Crippen molar-refractivity contribution in [1.29, 1.82) is 0 Å². The van der Waals surface area contributed by atoms with Crippen molar-refractivity contribution in [2.24, 2.45) is 0 Å². The van der Waals surface area contributed by atoms with Gasteiger partial charge in [-0.05, 0) is 37.5 Å². The number of nitrogens with zero attached hydrogens (tertiary/aromatic N) is 1. The summed E-state index contributed by atoms with van der Waals surface area (Å²) in [4.78, 5) is 13.5. The molecule has 1 aliphatic rings. The first-order chi connectivity index (χ1) is 9.54. The van der Waals surface area contributed by atoms with Gasteiger partial charge in [0, 0.05) is 17.6 Å². The van der Waals surface area contributed by atoms with Crippen LogP contribution in [0.5, 0.6) is 0 Å². The summed E-state index contributed by atoms with van der Waals surface area (Å²) in [6, 6.07) is 8.21. The van der Waals surface area contributed by atoms with Crippen LogP contribution in [-0.2, 0) is 4.74 Å². The van der Waals surface area contributed by atoms with Crippen LogP contribution in [0.25, 0.3) is 6.08 Å². The molecule has 0 saturated carbocycles. The van der Waals surface area contributed by atoms with Gasteiger partial charge in [-0.3, -0.25) is 0 Å². The summed E-state index contributed by atoms with van der Waals surface area (Å²) in [6.07, 6.45) is 3.68. The molecule has 1 amide bonds. The van der Waals surface area contributed by atoms with E-state index in [0.29, 0.717) is 18.8 Å². The minimum absolute atomic E-state index is 0.293. The second kappa shape index (κ2) is 6.75. The van der Waals surface area contributed by atoms with E-state index in [2.05, 4.69) is 40.7 Å². The van der Waals surface area contributed by atoms with E-state index < -0.39 is 0 Å². The van der Waals surface area contributed by atoms with Gasteiger partial charge in [0.05, 0.1) is 5.76 Å². The van der Waals surface area contributed by atoms with Gasteiger partial charge in [0.1, 0.15) is 0 Å². The molecule has 0 spiro atoms. The van der Waals surface area contributed by atoms with E-state index in [4.69, 9.17) is 4.74 Å². The van der Waals surface area contributed by atoms with E-state index >= 15 is 0 Å². The monoisotopic (exact) mass is 335 g/mol. The summed E-state index contributed by atoms with van der Waals surface area (Å²) in [5, 5.41) is 0. The molecule has 3 nitrogen and oxygen atoms in total. The first-order valence-electron chi connectivity index (χ1n) is 6.62. The topological polar surface area (TPSA) is 29.5 Å². The smallest absolute Gasteiger partial charge is 0.414 e. The average Bonchev–Trinajstić information content (AvgIpc) is 2.38. The summed E-state index contributed by atoms with van der Waals surface area (Å²) in [5.41, 5.74) is 2.55. The highest BCUT2D eigenvalue weighted by Gasteiger charge is 2.20. The van der Waals surface area contributed by atoms with E-state index in [0.717, 1.165) is 17.3 Å². The maximum Gasteiger partial charge on any atom is 0.414 e. The Kier molecular flexibility index (Phi) is 5.01. The fraction of sp³-hybridized carbons (Fsp3) is 0.312. The second-order valence-corrected chi connectivity index (χ2v) is 5.83. The predicted molar refractivity (Wildman–Crippen MR) is 84.2 cm³/mol. The van der Waals surface area contributed by atoms with Gasteiger partial charge in [0.15, 0.2) is 0 Å². The molecule has 1 aromatic carbocycles. The number of halogens is 1. The molecule has 4 heteroatoms. The van der Waals surface area contributed by atoms with E-state index in [1.54, 1.807) is 11.8 Å². The molecule has 1 fully saturated rings. The zero-order chi connectivity index (χ0) is 14.5. The maximum absolute atomic E-state index is 11.7. The fourth-order valence-corrected chi connectivity index (χ4v) is 2.58. The summed E-state index contributed by atoms with van der Waals surface area (Å²) in [7, 11) is 0. The zero-order valence-corrected chi connectivity index (χ0v) is 13.1. The molecule has 20 heavy (non-hydrogen) atoms. The van der Waals surface area contributed by atoms with Crippen molar-refractivity contribution in [3.63, 3.8) is 0 Å². The molecule has 0 atom stereocenters. The molecule has 1 saturated heterocycles. The quantitative estimate of drug-likeness (QED) is 0.739. The molecular weight excluding hydrogens is 318 g/mol. The third-order valence-electron chi connectivity index (χ3n) is 3.14. The van der Waals surface area contributed by atoms with E-state index in [1.807, 2.05) is 12.1 Å². The number of ether oxygens (including phenoxy) is 1. The lowest BCUT2D eigenvalue weighted by Crippen LogP contribution is -2.36. The van der Waals surface area contributed by atoms with Crippen molar-refractivity contribution in [3.8, 4) is 0 Å². The highest BCUT2D eigenvalue weighted by molar-refractivity contribution is 9.10. The molecule has 0 radical (unpaired) electrons. The van der Waals surface area contributed by atoms with E-state index in [1.165, 1.54) is 11.1 Å². The van der Waals surface area contributed by atoms with Crippen LogP contribution in [0, 0.1) is 0 Å². The molecule has 0 aliphatic carbocycles. The number of hydrogen-bond acceptors (Lipinski definition) is 2. The van der Waals surface area contributed by atoms with Crippen molar-refractivity contribution in [3.05, 3.63) is 52.2 Å². The summed E-state index contributed by atoms with van der Waals surface area (Å²) in [5.74, 6) is 0.436. The SMILES string of the molecule is C=C(C)OC(=O)N1CCC(=Cc2cccc(Br)c2)CC1. The van der Waals surface area contributed by atoms with Crippen LogP contribution < -0.4 is 0 Å². The summed E-state index contributed by atoms with van der Waals surface area (Å²) in [6.45, 7) is 6.67. The Morgan fingerprint density at radius 2 is 2.10 bits per heavy atom. The zero-order valence-electron chi connectivity index (χ0n) is 11.6. The van der Waals surface area contributed by atoms with Crippen molar-refractivity contribution in [2.45, 2.75) is 19.8 Å². The van der Waals surface area contributed by atoms with Crippen molar-refractivity contribution < 1.29 is 9.53 Å². The molecule has 0 N–H and O–H groups in total. The number of amides is 1. The molecule has 1 aliphatic heterocycles. The fourth-order valence-electron chi connectivity index (χ4n) is 2.17. The van der Waals surface area contributed by atoms with Crippen molar-refractivity contribution in [2.75, 3.05) is 13.1 Å². The van der Waals surface area contributed by atoms with Crippen LogP contribution in [0.1, 0.15) is 25.3 Å². The van der Waals surface area contributed by atoms with Gasteiger partial charge in [-0.15, -0.1) is 0 Å². The lowest BCUT2D eigenvalue weighted by atomic mass is 10.0. The maximum atomic E-state index is 11.7. The molecule has 1 aromatic rings. The van der Waals surface area contributed by atoms with Crippen LogP contribution in [-0.4, -0.2) is 24.1 Å². The molecule has 0 unspecified atom stereocenters. The van der Waals surface area contributed by atoms with Crippen LogP contribution in [0.15, 0.2) is 46.6 Å². The van der Waals surface area contributed by atoms with Crippen molar-refractivity contribution >= 4 is 28.1 Å². The van der Waals surface area contributed by atoms with Crippen LogP contribution in [0.4, 0.5) is 4.79 Å². The Hall–Kier alpha value is -1.55. The highest BCUT2D eigenvalue weighted by Crippen LogP contribution is 2.21. The largest absolute Gasteiger partial charge is 0.416 e. The Balaban J connectivity index is 1.94. The van der Waals surface area contributed by atoms with Gasteiger partial charge in [0.25, 0.3) is 0 Å². The normalized spacial score (nSPS) is 14.9. The summed E-state index contributed by atoms with van der Waals surface area (Å²) >= 11 is 3.47. The number of hydrogen-bond donors (Lipinski definition) is 0.